The predicted octanol–water partition coefficient (Wildman–Crippen LogP) is 1.67. The number of nitrogens with zero attached hydrogens (tertiary/aromatic N) is 4. The number of carboxylic acids is 1. The number of hydrogen-bond acceptors (Lipinski definition) is 5. The fraction of sp³-hybridized carbons (Fsp3) is 0.667. The van der Waals surface area contributed by atoms with Crippen LogP contribution in [0.4, 0.5) is 4.79 Å². The standard InChI is InChI=1S/C12H20N4O3S/c1-6-12(2,3)9-13-10(20-7-8(17)18)16(14-9)11(19)15(4)5/h6-7H2,1-5H3,(H,17,18). The van der Waals surface area contributed by atoms with Crippen LogP contribution in [-0.4, -0.2) is 56.6 Å². The van der Waals surface area contributed by atoms with Gasteiger partial charge in [-0.1, -0.05) is 32.5 Å². The topological polar surface area (TPSA) is 88.3 Å². The minimum atomic E-state index is -0.960. The van der Waals surface area contributed by atoms with E-state index in [2.05, 4.69) is 10.1 Å². The molecule has 1 aromatic rings. The van der Waals surface area contributed by atoms with E-state index >= 15 is 0 Å². The van der Waals surface area contributed by atoms with Gasteiger partial charge in [-0.25, -0.2) is 9.78 Å². The van der Waals surface area contributed by atoms with Crippen LogP contribution in [0.15, 0.2) is 5.16 Å². The van der Waals surface area contributed by atoms with Gasteiger partial charge in [-0.05, 0) is 6.42 Å². The first-order valence-corrected chi connectivity index (χ1v) is 7.21. The molecule has 0 aliphatic heterocycles. The predicted molar refractivity (Wildman–Crippen MR) is 76.2 cm³/mol. The fourth-order valence-corrected chi connectivity index (χ4v) is 1.92. The van der Waals surface area contributed by atoms with Crippen LogP contribution in [0, 0.1) is 0 Å². The van der Waals surface area contributed by atoms with E-state index in [9.17, 15) is 9.59 Å². The zero-order valence-corrected chi connectivity index (χ0v) is 13.2. The molecule has 0 unspecified atom stereocenters. The van der Waals surface area contributed by atoms with Crippen LogP contribution >= 0.6 is 11.8 Å². The average Bonchev–Trinajstić information content (AvgIpc) is 2.79. The van der Waals surface area contributed by atoms with Crippen molar-refractivity contribution < 1.29 is 14.7 Å². The van der Waals surface area contributed by atoms with E-state index in [4.69, 9.17) is 5.11 Å². The van der Waals surface area contributed by atoms with Crippen molar-refractivity contribution in [2.24, 2.45) is 0 Å². The molecule has 1 aromatic heterocycles. The van der Waals surface area contributed by atoms with Crippen molar-refractivity contribution in [1.82, 2.24) is 19.7 Å². The van der Waals surface area contributed by atoms with Crippen LogP contribution in [-0.2, 0) is 10.2 Å². The molecule has 8 heteroatoms. The maximum absolute atomic E-state index is 12.1. The molecule has 0 fully saturated rings. The molecule has 0 saturated carbocycles. The summed E-state index contributed by atoms with van der Waals surface area (Å²) in [4.78, 5) is 28.4. The van der Waals surface area contributed by atoms with Gasteiger partial charge in [0.1, 0.15) is 0 Å². The number of hydrogen-bond donors (Lipinski definition) is 1. The van der Waals surface area contributed by atoms with E-state index in [1.54, 1.807) is 14.1 Å². The van der Waals surface area contributed by atoms with Gasteiger partial charge in [0.2, 0.25) is 0 Å². The summed E-state index contributed by atoms with van der Waals surface area (Å²) in [6, 6.07) is -0.344. The summed E-state index contributed by atoms with van der Waals surface area (Å²) in [6.07, 6.45) is 0.816. The molecule has 0 spiro atoms. The Morgan fingerprint density at radius 3 is 2.45 bits per heavy atom. The Morgan fingerprint density at radius 1 is 1.40 bits per heavy atom. The molecule has 0 bridgehead atoms. The first-order valence-electron chi connectivity index (χ1n) is 6.22. The molecule has 0 aromatic carbocycles. The number of rotatable bonds is 5. The van der Waals surface area contributed by atoms with E-state index in [-0.39, 0.29) is 17.2 Å². The van der Waals surface area contributed by atoms with Crippen LogP contribution < -0.4 is 0 Å². The number of aromatic nitrogens is 3. The quantitative estimate of drug-likeness (QED) is 0.832. The van der Waals surface area contributed by atoms with Crippen molar-refractivity contribution in [3.05, 3.63) is 5.82 Å². The molecule has 1 amide bonds. The average molecular weight is 300 g/mol. The maximum atomic E-state index is 12.1. The van der Waals surface area contributed by atoms with Crippen molar-refractivity contribution >= 4 is 23.8 Å². The molecule has 0 radical (unpaired) electrons. The van der Waals surface area contributed by atoms with Crippen LogP contribution in [0.2, 0.25) is 0 Å². The summed E-state index contributed by atoms with van der Waals surface area (Å²) in [5.41, 5.74) is -0.267. The largest absolute Gasteiger partial charge is 0.481 e. The molecule has 0 atom stereocenters. The molecule has 7 nitrogen and oxygen atoms in total. The van der Waals surface area contributed by atoms with Gasteiger partial charge < -0.3 is 10.0 Å². The highest BCUT2D eigenvalue weighted by Gasteiger charge is 2.27. The summed E-state index contributed by atoms with van der Waals surface area (Å²) >= 11 is 0.991. The van der Waals surface area contributed by atoms with Crippen molar-refractivity contribution in [3.63, 3.8) is 0 Å². The number of amides is 1. The second-order valence-electron chi connectivity index (χ2n) is 5.23. The lowest BCUT2D eigenvalue weighted by molar-refractivity contribution is -0.133. The van der Waals surface area contributed by atoms with E-state index in [1.807, 2.05) is 20.8 Å². The number of carbonyl (C=O) groups excluding carboxylic acids is 1. The highest BCUT2D eigenvalue weighted by atomic mass is 32.2. The van der Waals surface area contributed by atoms with Crippen molar-refractivity contribution in [2.45, 2.75) is 37.8 Å². The third-order valence-corrected chi connectivity index (χ3v) is 3.87. The fourth-order valence-electron chi connectivity index (χ4n) is 1.28. The van der Waals surface area contributed by atoms with Gasteiger partial charge in [0.25, 0.3) is 0 Å². The van der Waals surface area contributed by atoms with Crippen LogP contribution in [0.1, 0.15) is 33.0 Å². The Kier molecular flexibility index (Phi) is 5.15. The van der Waals surface area contributed by atoms with Gasteiger partial charge in [-0.3, -0.25) is 4.79 Å². The second-order valence-corrected chi connectivity index (χ2v) is 6.17. The summed E-state index contributed by atoms with van der Waals surface area (Å²) < 4.78 is 1.17. The lowest BCUT2D eigenvalue weighted by Gasteiger charge is -2.17. The molecule has 1 rings (SSSR count). The lowest BCUT2D eigenvalue weighted by Crippen LogP contribution is -2.29. The maximum Gasteiger partial charge on any atom is 0.346 e. The monoisotopic (exact) mass is 300 g/mol. The first-order chi connectivity index (χ1) is 9.19. The van der Waals surface area contributed by atoms with E-state index < -0.39 is 5.97 Å². The van der Waals surface area contributed by atoms with Crippen LogP contribution in [0.5, 0.6) is 0 Å². The van der Waals surface area contributed by atoms with Crippen molar-refractivity contribution in [1.29, 1.82) is 0 Å². The van der Waals surface area contributed by atoms with E-state index in [1.165, 1.54) is 9.58 Å². The normalized spacial score (nSPS) is 11.4. The molecule has 0 saturated heterocycles. The Morgan fingerprint density at radius 2 is 2.00 bits per heavy atom. The van der Waals surface area contributed by atoms with E-state index in [0.29, 0.717) is 11.0 Å². The summed E-state index contributed by atoms with van der Waals surface area (Å²) in [5, 5.41) is 13.3. The number of carbonyl (C=O) groups is 2. The third kappa shape index (κ3) is 3.72. The third-order valence-electron chi connectivity index (χ3n) is 2.96. The van der Waals surface area contributed by atoms with Gasteiger partial charge in [0.15, 0.2) is 11.0 Å². The molecule has 1 heterocycles. The molecule has 0 aliphatic rings. The van der Waals surface area contributed by atoms with Gasteiger partial charge in [0, 0.05) is 19.5 Å². The molecular weight excluding hydrogens is 280 g/mol. The highest BCUT2D eigenvalue weighted by Crippen LogP contribution is 2.26. The van der Waals surface area contributed by atoms with Gasteiger partial charge in [-0.15, -0.1) is 5.10 Å². The summed E-state index contributed by atoms with van der Waals surface area (Å²) in [6.45, 7) is 5.98. The Balaban J connectivity index is 3.18. The van der Waals surface area contributed by atoms with Gasteiger partial charge >= 0.3 is 12.0 Å². The van der Waals surface area contributed by atoms with Crippen LogP contribution in [0.25, 0.3) is 0 Å². The zero-order chi connectivity index (χ0) is 15.5. The SMILES string of the molecule is CCC(C)(C)c1nc(SCC(=O)O)n(C(=O)N(C)C)n1. The van der Waals surface area contributed by atoms with Gasteiger partial charge in [0.05, 0.1) is 5.75 Å². The Hall–Kier alpha value is -1.57. The number of carboxylic acid groups (broad SMARTS) is 1. The van der Waals surface area contributed by atoms with Crippen LogP contribution in [0.3, 0.4) is 0 Å². The highest BCUT2D eigenvalue weighted by molar-refractivity contribution is 7.99. The van der Waals surface area contributed by atoms with Gasteiger partial charge in [-0.2, -0.15) is 4.68 Å². The summed E-state index contributed by atoms with van der Waals surface area (Å²) in [7, 11) is 3.22. The smallest absolute Gasteiger partial charge is 0.346 e. The molecule has 1 N–H and O–H groups in total. The molecule has 0 aliphatic carbocycles. The number of thioether (sulfide) groups is 1. The summed E-state index contributed by atoms with van der Waals surface area (Å²) in [5.74, 6) is -0.577. The molecule has 112 valence electrons. The minimum Gasteiger partial charge on any atom is -0.481 e. The van der Waals surface area contributed by atoms with Crippen molar-refractivity contribution in [2.75, 3.05) is 19.8 Å². The first kappa shape index (κ1) is 16.5. The Bertz CT molecular complexity index is 511. The number of aliphatic carboxylic acids is 1. The lowest BCUT2D eigenvalue weighted by atomic mass is 9.90. The van der Waals surface area contributed by atoms with Crippen molar-refractivity contribution in [3.8, 4) is 0 Å². The van der Waals surface area contributed by atoms with E-state index in [0.717, 1.165) is 18.2 Å². The Labute approximate surface area is 122 Å². The minimum absolute atomic E-state index is 0.161. The zero-order valence-electron chi connectivity index (χ0n) is 12.4. The second kappa shape index (κ2) is 6.25. The molecular formula is C12H20N4O3S. The molecule has 20 heavy (non-hydrogen) atoms.